The molecule has 1 N–H and O–H groups in total. The van der Waals surface area contributed by atoms with Crippen molar-refractivity contribution in [2.75, 3.05) is 24.5 Å². The summed E-state index contributed by atoms with van der Waals surface area (Å²) in [6, 6.07) is 13.2. The molecular weight excluding hydrogens is 364 g/mol. The van der Waals surface area contributed by atoms with Gasteiger partial charge in [-0.3, -0.25) is 9.10 Å². The smallest absolute Gasteiger partial charge is 0.264 e. The molecule has 0 spiro atoms. The number of methoxy groups -OCH3 is 1. The van der Waals surface area contributed by atoms with Crippen molar-refractivity contribution in [3.63, 3.8) is 0 Å². The second kappa shape index (κ2) is 9.41. The van der Waals surface area contributed by atoms with Gasteiger partial charge in [0, 0.05) is 6.54 Å². The van der Waals surface area contributed by atoms with E-state index in [9.17, 15) is 13.2 Å². The maximum absolute atomic E-state index is 13.2. The lowest BCUT2D eigenvalue weighted by molar-refractivity contribution is -0.119. The van der Waals surface area contributed by atoms with E-state index in [2.05, 4.69) is 5.32 Å². The second-order valence-corrected chi connectivity index (χ2v) is 8.09. The van der Waals surface area contributed by atoms with Crippen LogP contribution in [0.5, 0.6) is 5.75 Å². The summed E-state index contributed by atoms with van der Waals surface area (Å²) in [5.74, 6) is 0.272. The van der Waals surface area contributed by atoms with Crippen LogP contribution in [0.4, 0.5) is 5.69 Å². The van der Waals surface area contributed by atoms with Gasteiger partial charge in [0.15, 0.2) is 0 Å². The Balaban J connectivity index is 2.35. The molecule has 2 aromatic carbocycles. The van der Waals surface area contributed by atoms with Gasteiger partial charge in [0.25, 0.3) is 10.0 Å². The standard InChI is InChI=1S/C20H26N2O4S/c1-4-5-14-21-20(23)15-22(17-8-10-18(26-3)11-9-17)27(24,25)19-12-6-16(2)7-13-19/h6-13H,4-5,14-15H2,1-3H3,(H,21,23). The Morgan fingerprint density at radius 1 is 1.07 bits per heavy atom. The molecule has 0 aromatic heterocycles. The van der Waals surface area contributed by atoms with Crippen molar-refractivity contribution in [2.45, 2.75) is 31.6 Å². The van der Waals surface area contributed by atoms with Crippen LogP contribution in [0, 0.1) is 6.92 Å². The van der Waals surface area contributed by atoms with E-state index >= 15 is 0 Å². The Labute approximate surface area is 161 Å². The van der Waals surface area contributed by atoms with Gasteiger partial charge in [-0.25, -0.2) is 8.42 Å². The van der Waals surface area contributed by atoms with Crippen LogP contribution in [0.15, 0.2) is 53.4 Å². The van der Waals surface area contributed by atoms with Gasteiger partial charge in [0.05, 0.1) is 17.7 Å². The third kappa shape index (κ3) is 5.47. The molecule has 0 aliphatic rings. The van der Waals surface area contributed by atoms with E-state index < -0.39 is 10.0 Å². The Hall–Kier alpha value is -2.54. The third-order valence-electron chi connectivity index (χ3n) is 4.11. The van der Waals surface area contributed by atoms with Crippen LogP contribution in [0.2, 0.25) is 0 Å². The number of ether oxygens (including phenoxy) is 1. The van der Waals surface area contributed by atoms with Crippen molar-refractivity contribution < 1.29 is 17.9 Å². The minimum Gasteiger partial charge on any atom is -0.497 e. The van der Waals surface area contributed by atoms with Gasteiger partial charge in [0.2, 0.25) is 5.91 Å². The Bertz CT molecular complexity index is 847. The number of carbonyl (C=O) groups is 1. The van der Waals surface area contributed by atoms with Gasteiger partial charge in [-0.05, 0) is 49.7 Å². The summed E-state index contributed by atoms with van der Waals surface area (Å²) in [5, 5.41) is 2.77. The Morgan fingerprint density at radius 3 is 2.26 bits per heavy atom. The maximum Gasteiger partial charge on any atom is 0.264 e. The van der Waals surface area contributed by atoms with Crippen LogP contribution >= 0.6 is 0 Å². The van der Waals surface area contributed by atoms with Gasteiger partial charge < -0.3 is 10.1 Å². The highest BCUT2D eigenvalue weighted by atomic mass is 32.2. The van der Waals surface area contributed by atoms with Crippen molar-refractivity contribution in [3.8, 4) is 5.75 Å². The predicted octanol–water partition coefficient (Wildman–Crippen LogP) is 3.12. The first kappa shape index (κ1) is 20.8. The van der Waals surface area contributed by atoms with Crippen LogP contribution < -0.4 is 14.4 Å². The number of nitrogens with one attached hydrogen (secondary N) is 1. The van der Waals surface area contributed by atoms with Crippen LogP contribution in [0.3, 0.4) is 0 Å². The molecule has 0 bridgehead atoms. The molecule has 0 heterocycles. The minimum atomic E-state index is -3.88. The molecule has 0 aliphatic carbocycles. The monoisotopic (exact) mass is 390 g/mol. The molecule has 146 valence electrons. The highest BCUT2D eigenvalue weighted by Gasteiger charge is 2.27. The Kier molecular flexibility index (Phi) is 7.24. The van der Waals surface area contributed by atoms with Crippen LogP contribution in [-0.4, -0.2) is 34.5 Å². The van der Waals surface area contributed by atoms with Crippen LogP contribution in [0.25, 0.3) is 0 Å². The molecule has 0 atom stereocenters. The molecule has 0 saturated heterocycles. The zero-order valence-corrected chi connectivity index (χ0v) is 16.8. The number of hydrogen-bond acceptors (Lipinski definition) is 4. The first-order chi connectivity index (χ1) is 12.9. The van der Waals surface area contributed by atoms with E-state index in [1.165, 1.54) is 7.11 Å². The molecule has 1 amide bonds. The van der Waals surface area contributed by atoms with Crippen molar-refractivity contribution >= 4 is 21.6 Å². The van der Waals surface area contributed by atoms with Gasteiger partial charge in [-0.1, -0.05) is 31.0 Å². The summed E-state index contributed by atoms with van der Waals surface area (Å²) in [4.78, 5) is 12.5. The van der Waals surface area contributed by atoms with Gasteiger partial charge in [0.1, 0.15) is 12.3 Å². The minimum absolute atomic E-state index is 0.144. The molecule has 0 fully saturated rings. The third-order valence-corrected chi connectivity index (χ3v) is 5.90. The zero-order chi connectivity index (χ0) is 19.9. The summed E-state index contributed by atoms with van der Waals surface area (Å²) in [6.45, 7) is 4.15. The van der Waals surface area contributed by atoms with E-state index in [0.717, 1.165) is 22.7 Å². The van der Waals surface area contributed by atoms with E-state index in [1.54, 1.807) is 48.5 Å². The number of nitrogens with zero attached hydrogens (tertiary/aromatic N) is 1. The quantitative estimate of drug-likeness (QED) is 0.668. The number of aryl methyl sites for hydroxylation is 1. The summed E-state index contributed by atoms with van der Waals surface area (Å²) in [6.07, 6.45) is 1.79. The van der Waals surface area contributed by atoms with Gasteiger partial charge in [-0.15, -0.1) is 0 Å². The number of sulfonamides is 1. The molecule has 0 unspecified atom stereocenters. The number of amides is 1. The van der Waals surface area contributed by atoms with Crippen molar-refractivity contribution in [1.82, 2.24) is 5.32 Å². The number of benzene rings is 2. The molecule has 0 aliphatic heterocycles. The molecule has 7 heteroatoms. The molecule has 27 heavy (non-hydrogen) atoms. The van der Waals surface area contributed by atoms with Gasteiger partial charge >= 0.3 is 0 Å². The lowest BCUT2D eigenvalue weighted by Gasteiger charge is -2.24. The topological polar surface area (TPSA) is 75.7 Å². The number of anilines is 1. The fourth-order valence-electron chi connectivity index (χ4n) is 2.49. The Morgan fingerprint density at radius 2 is 1.70 bits per heavy atom. The number of unbranched alkanes of at least 4 members (excludes halogenated alkanes) is 1. The summed E-state index contributed by atoms with van der Waals surface area (Å²) in [7, 11) is -2.35. The largest absolute Gasteiger partial charge is 0.497 e. The van der Waals surface area contributed by atoms with Crippen molar-refractivity contribution in [2.24, 2.45) is 0 Å². The number of rotatable bonds is 9. The predicted molar refractivity (Wildman–Crippen MR) is 107 cm³/mol. The van der Waals surface area contributed by atoms with Crippen molar-refractivity contribution in [3.05, 3.63) is 54.1 Å². The number of hydrogen-bond donors (Lipinski definition) is 1. The SMILES string of the molecule is CCCCNC(=O)CN(c1ccc(OC)cc1)S(=O)(=O)c1ccc(C)cc1. The number of carbonyl (C=O) groups excluding carboxylic acids is 1. The average Bonchev–Trinajstić information content (AvgIpc) is 2.67. The fraction of sp³-hybridized carbons (Fsp3) is 0.350. The molecule has 6 nitrogen and oxygen atoms in total. The molecule has 2 aromatic rings. The van der Waals surface area contributed by atoms with Crippen LogP contribution in [-0.2, 0) is 14.8 Å². The van der Waals surface area contributed by atoms with Crippen molar-refractivity contribution in [1.29, 1.82) is 0 Å². The molecule has 0 saturated carbocycles. The first-order valence-corrected chi connectivity index (χ1v) is 10.3. The second-order valence-electron chi connectivity index (χ2n) is 6.23. The van der Waals surface area contributed by atoms with E-state index in [0.29, 0.717) is 18.0 Å². The lowest BCUT2D eigenvalue weighted by Crippen LogP contribution is -2.41. The summed E-state index contributed by atoms with van der Waals surface area (Å²) in [5.41, 5.74) is 1.37. The average molecular weight is 391 g/mol. The molecule has 2 rings (SSSR count). The van der Waals surface area contributed by atoms with E-state index in [4.69, 9.17) is 4.74 Å². The van der Waals surface area contributed by atoms with E-state index in [1.807, 2.05) is 13.8 Å². The highest BCUT2D eigenvalue weighted by Crippen LogP contribution is 2.25. The van der Waals surface area contributed by atoms with Crippen LogP contribution in [0.1, 0.15) is 25.3 Å². The fourth-order valence-corrected chi connectivity index (χ4v) is 3.91. The first-order valence-electron chi connectivity index (χ1n) is 8.88. The molecular formula is C20H26N2O4S. The maximum atomic E-state index is 13.2. The lowest BCUT2D eigenvalue weighted by atomic mass is 10.2. The summed E-state index contributed by atoms with van der Waals surface area (Å²) < 4.78 is 32.6. The highest BCUT2D eigenvalue weighted by molar-refractivity contribution is 7.92. The normalized spacial score (nSPS) is 11.1. The molecule has 0 radical (unpaired) electrons. The van der Waals surface area contributed by atoms with E-state index in [-0.39, 0.29) is 17.3 Å². The van der Waals surface area contributed by atoms with Gasteiger partial charge in [-0.2, -0.15) is 0 Å². The summed E-state index contributed by atoms with van der Waals surface area (Å²) >= 11 is 0. The zero-order valence-electron chi connectivity index (χ0n) is 15.9.